The highest BCUT2D eigenvalue weighted by Crippen LogP contribution is 2.22. The molecule has 0 saturated heterocycles. The van der Waals surface area contributed by atoms with Crippen molar-refractivity contribution in [3.8, 4) is 0 Å². The fourth-order valence-corrected chi connectivity index (χ4v) is 2.07. The van der Waals surface area contributed by atoms with E-state index in [0.717, 1.165) is 12.5 Å². The van der Waals surface area contributed by atoms with Crippen LogP contribution >= 0.6 is 0 Å². The lowest BCUT2D eigenvalue weighted by molar-refractivity contribution is -0.128. The van der Waals surface area contributed by atoms with E-state index in [9.17, 15) is 4.79 Å². The Hall–Kier alpha value is -0.530. The molecule has 0 atom stereocenters. The average Bonchev–Trinajstić information content (AvgIpc) is 2.40. The zero-order chi connectivity index (χ0) is 11.3. The molecule has 15 heavy (non-hydrogen) atoms. The Labute approximate surface area is 93.8 Å². The maximum Gasteiger partial charge on any atom is 0.225 e. The predicted molar refractivity (Wildman–Crippen MR) is 63.7 cm³/mol. The monoisotopic (exact) mass is 211 g/mol. The first-order valence-corrected chi connectivity index (χ1v) is 6.28. The summed E-state index contributed by atoms with van der Waals surface area (Å²) in [5, 5.41) is 3.08. The van der Waals surface area contributed by atoms with Crippen molar-refractivity contribution in [3.05, 3.63) is 0 Å². The summed E-state index contributed by atoms with van der Waals surface area (Å²) in [6, 6.07) is 0. The molecule has 0 radical (unpaired) electrons. The zero-order valence-corrected chi connectivity index (χ0v) is 10.4. The van der Waals surface area contributed by atoms with Gasteiger partial charge in [0.1, 0.15) is 0 Å². The van der Waals surface area contributed by atoms with Gasteiger partial charge in [-0.05, 0) is 18.8 Å². The molecule has 2 nitrogen and oxygen atoms in total. The van der Waals surface area contributed by atoms with E-state index in [2.05, 4.69) is 5.32 Å². The number of hydrogen-bond acceptors (Lipinski definition) is 1. The molecule has 0 unspecified atom stereocenters. The molecule has 0 bridgehead atoms. The average molecular weight is 211 g/mol. The molecule has 2 heteroatoms. The minimum Gasteiger partial charge on any atom is -0.355 e. The standard InChI is InChI=1S/C13H25NO/c1-13(2,3)12(15)14-10-11-8-6-4-5-7-9-11/h11H,4-10H2,1-3H3,(H,14,15). The predicted octanol–water partition coefficient (Wildman–Crippen LogP) is 3.12. The third-order valence-electron chi connectivity index (χ3n) is 3.21. The summed E-state index contributed by atoms with van der Waals surface area (Å²) in [5.74, 6) is 0.908. The van der Waals surface area contributed by atoms with Gasteiger partial charge in [0.25, 0.3) is 0 Å². The summed E-state index contributed by atoms with van der Waals surface area (Å²) < 4.78 is 0. The number of rotatable bonds is 2. The molecular formula is C13H25NO. The smallest absolute Gasteiger partial charge is 0.225 e. The van der Waals surface area contributed by atoms with Gasteiger partial charge >= 0.3 is 0 Å². The highest BCUT2D eigenvalue weighted by Gasteiger charge is 2.22. The van der Waals surface area contributed by atoms with E-state index in [-0.39, 0.29) is 11.3 Å². The van der Waals surface area contributed by atoms with Crippen molar-refractivity contribution in [1.82, 2.24) is 5.32 Å². The molecule has 0 aliphatic heterocycles. The van der Waals surface area contributed by atoms with E-state index in [1.165, 1.54) is 38.5 Å². The molecule has 1 amide bonds. The maximum absolute atomic E-state index is 11.7. The Morgan fingerprint density at radius 3 is 2.13 bits per heavy atom. The Balaban J connectivity index is 2.26. The van der Waals surface area contributed by atoms with Crippen molar-refractivity contribution < 1.29 is 4.79 Å². The van der Waals surface area contributed by atoms with Crippen LogP contribution in [0.5, 0.6) is 0 Å². The third-order valence-corrected chi connectivity index (χ3v) is 3.21. The molecule has 1 rings (SSSR count). The molecule has 0 aromatic carbocycles. The maximum atomic E-state index is 11.7. The Morgan fingerprint density at radius 1 is 1.13 bits per heavy atom. The van der Waals surface area contributed by atoms with Gasteiger partial charge in [0.05, 0.1) is 0 Å². The lowest BCUT2D eigenvalue weighted by atomic mass is 9.94. The van der Waals surface area contributed by atoms with Crippen LogP contribution < -0.4 is 5.32 Å². The number of carbonyl (C=O) groups excluding carboxylic acids is 1. The minimum atomic E-state index is -0.245. The second-order valence-corrected chi connectivity index (χ2v) is 5.82. The summed E-state index contributed by atoms with van der Waals surface area (Å²) >= 11 is 0. The minimum absolute atomic E-state index is 0.187. The second kappa shape index (κ2) is 5.53. The van der Waals surface area contributed by atoms with Gasteiger partial charge < -0.3 is 5.32 Å². The number of amides is 1. The van der Waals surface area contributed by atoms with Gasteiger partial charge in [-0.25, -0.2) is 0 Å². The molecule has 1 aliphatic rings. The summed E-state index contributed by atoms with van der Waals surface area (Å²) in [6.07, 6.45) is 8.04. The van der Waals surface area contributed by atoms with Crippen LogP contribution in [-0.4, -0.2) is 12.5 Å². The van der Waals surface area contributed by atoms with Crippen molar-refractivity contribution in [2.75, 3.05) is 6.54 Å². The fourth-order valence-electron chi connectivity index (χ4n) is 2.07. The van der Waals surface area contributed by atoms with Crippen molar-refractivity contribution in [2.24, 2.45) is 11.3 Å². The molecular weight excluding hydrogens is 186 g/mol. The highest BCUT2D eigenvalue weighted by atomic mass is 16.2. The number of hydrogen-bond donors (Lipinski definition) is 1. The Morgan fingerprint density at radius 2 is 1.67 bits per heavy atom. The van der Waals surface area contributed by atoms with E-state index in [4.69, 9.17) is 0 Å². The number of carbonyl (C=O) groups is 1. The van der Waals surface area contributed by atoms with Gasteiger partial charge in [-0.1, -0.05) is 46.5 Å². The summed E-state index contributed by atoms with van der Waals surface area (Å²) in [5.41, 5.74) is -0.245. The highest BCUT2D eigenvalue weighted by molar-refractivity contribution is 5.81. The number of nitrogens with one attached hydrogen (secondary N) is 1. The molecule has 1 N–H and O–H groups in total. The van der Waals surface area contributed by atoms with Crippen LogP contribution in [-0.2, 0) is 4.79 Å². The van der Waals surface area contributed by atoms with Gasteiger partial charge in [-0.15, -0.1) is 0 Å². The first-order valence-electron chi connectivity index (χ1n) is 6.28. The van der Waals surface area contributed by atoms with E-state index in [1.54, 1.807) is 0 Å². The van der Waals surface area contributed by atoms with E-state index in [1.807, 2.05) is 20.8 Å². The topological polar surface area (TPSA) is 29.1 Å². The summed E-state index contributed by atoms with van der Waals surface area (Å²) in [7, 11) is 0. The van der Waals surface area contributed by atoms with E-state index >= 15 is 0 Å². The van der Waals surface area contributed by atoms with Gasteiger partial charge in [0.15, 0.2) is 0 Å². The largest absolute Gasteiger partial charge is 0.355 e. The van der Waals surface area contributed by atoms with Crippen LogP contribution in [0.3, 0.4) is 0 Å². The first-order chi connectivity index (χ1) is 7.00. The third kappa shape index (κ3) is 4.67. The van der Waals surface area contributed by atoms with Crippen molar-refractivity contribution in [3.63, 3.8) is 0 Å². The molecule has 1 fully saturated rings. The van der Waals surface area contributed by atoms with Crippen molar-refractivity contribution in [1.29, 1.82) is 0 Å². The molecule has 1 aliphatic carbocycles. The Kier molecular flexibility index (Phi) is 4.62. The van der Waals surface area contributed by atoms with Gasteiger partial charge in [0.2, 0.25) is 5.91 Å². The van der Waals surface area contributed by atoms with Gasteiger partial charge in [-0.3, -0.25) is 4.79 Å². The van der Waals surface area contributed by atoms with Crippen molar-refractivity contribution in [2.45, 2.75) is 59.3 Å². The molecule has 1 saturated carbocycles. The quantitative estimate of drug-likeness (QED) is 0.699. The summed E-state index contributed by atoms with van der Waals surface area (Å²) in [6.45, 7) is 6.79. The lowest BCUT2D eigenvalue weighted by Crippen LogP contribution is -2.37. The van der Waals surface area contributed by atoms with Crippen LogP contribution in [0, 0.1) is 11.3 Å². The van der Waals surface area contributed by atoms with E-state index < -0.39 is 0 Å². The SMILES string of the molecule is CC(C)(C)C(=O)NCC1CCCCCC1. The van der Waals surface area contributed by atoms with Gasteiger partial charge in [0, 0.05) is 12.0 Å². The van der Waals surface area contributed by atoms with Crippen molar-refractivity contribution >= 4 is 5.91 Å². The van der Waals surface area contributed by atoms with Crippen LogP contribution in [0.15, 0.2) is 0 Å². The zero-order valence-electron chi connectivity index (χ0n) is 10.4. The summed E-state index contributed by atoms with van der Waals surface area (Å²) in [4.78, 5) is 11.7. The molecule has 0 aromatic heterocycles. The first kappa shape index (κ1) is 12.5. The van der Waals surface area contributed by atoms with Crippen LogP contribution in [0.2, 0.25) is 0 Å². The lowest BCUT2D eigenvalue weighted by Gasteiger charge is -2.21. The normalized spacial score (nSPS) is 19.7. The molecule has 0 spiro atoms. The van der Waals surface area contributed by atoms with Crippen LogP contribution in [0.1, 0.15) is 59.3 Å². The fraction of sp³-hybridized carbons (Fsp3) is 0.923. The van der Waals surface area contributed by atoms with Crippen LogP contribution in [0.4, 0.5) is 0 Å². The second-order valence-electron chi connectivity index (χ2n) is 5.82. The molecule has 0 heterocycles. The Bertz CT molecular complexity index is 197. The molecule has 0 aromatic rings. The molecule has 88 valence electrons. The van der Waals surface area contributed by atoms with Crippen LogP contribution in [0.25, 0.3) is 0 Å². The van der Waals surface area contributed by atoms with E-state index in [0.29, 0.717) is 0 Å². The van der Waals surface area contributed by atoms with Gasteiger partial charge in [-0.2, -0.15) is 0 Å².